The highest BCUT2D eigenvalue weighted by molar-refractivity contribution is 5.35. The van der Waals surface area contributed by atoms with E-state index >= 15 is 0 Å². The normalized spacial score (nSPS) is 12.4. The van der Waals surface area contributed by atoms with Crippen molar-refractivity contribution in [1.29, 1.82) is 0 Å². The summed E-state index contributed by atoms with van der Waals surface area (Å²) in [5.74, 6) is 1.64. The standard InChI is InChI=1S/C13H16N2O3/c1-3-11(16)10-6-4-5-7-12(10)17-8-13-14-9(2)15-18-13/h4-7,11,16H,3,8H2,1-2H3/t11-/m0/s1. The number of para-hydroxylation sites is 1. The second kappa shape index (κ2) is 5.64. The van der Waals surface area contributed by atoms with E-state index in [2.05, 4.69) is 10.1 Å². The molecule has 96 valence electrons. The Balaban J connectivity index is 2.09. The topological polar surface area (TPSA) is 68.4 Å². The number of ether oxygens (including phenoxy) is 1. The first-order valence-electron chi connectivity index (χ1n) is 5.89. The summed E-state index contributed by atoms with van der Waals surface area (Å²) in [6.45, 7) is 3.87. The van der Waals surface area contributed by atoms with Crippen LogP contribution in [0.3, 0.4) is 0 Å². The van der Waals surface area contributed by atoms with Crippen LogP contribution in [0.4, 0.5) is 0 Å². The van der Waals surface area contributed by atoms with E-state index in [-0.39, 0.29) is 6.61 Å². The predicted octanol–water partition coefficient (Wildman–Crippen LogP) is 2.40. The van der Waals surface area contributed by atoms with Gasteiger partial charge in [-0.2, -0.15) is 4.98 Å². The van der Waals surface area contributed by atoms with Gasteiger partial charge in [-0.15, -0.1) is 0 Å². The minimum Gasteiger partial charge on any atom is -0.483 e. The number of nitrogens with zero attached hydrogens (tertiary/aromatic N) is 2. The molecule has 18 heavy (non-hydrogen) atoms. The van der Waals surface area contributed by atoms with Crippen LogP contribution in [0.2, 0.25) is 0 Å². The van der Waals surface area contributed by atoms with Gasteiger partial charge in [-0.05, 0) is 19.4 Å². The van der Waals surface area contributed by atoms with Crippen LogP contribution >= 0.6 is 0 Å². The van der Waals surface area contributed by atoms with Crippen LogP contribution in [0.15, 0.2) is 28.8 Å². The second-order valence-electron chi connectivity index (χ2n) is 3.99. The highest BCUT2D eigenvalue weighted by Gasteiger charge is 2.12. The molecule has 0 fully saturated rings. The SMILES string of the molecule is CC[C@H](O)c1ccccc1OCc1nc(C)no1. The molecule has 0 saturated carbocycles. The van der Waals surface area contributed by atoms with Gasteiger partial charge in [-0.1, -0.05) is 30.3 Å². The van der Waals surface area contributed by atoms with Gasteiger partial charge in [0.25, 0.3) is 5.89 Å². The molecule has 1 aromatic carbocycles. The van der Waals surface area contributed by atoms with Crippen molar-refractivity contribution >= 4 is 0 Å². The number of aryl methyl sites for hydroxylation is 1. The maximum Gasteiger partial charge on any atom is 0.264 e. The lowest BCUT2D eigenvalue weighted by atomic mass is 10.1. The van der Waals surface area contributed by atoms with Crippen LogP contribution in [0, 0.1) is 6.92 Å². The van der Waals surface area contributed by atoms with Crippen LogP contribution in [-0.4, -0.2) is 15.2 Å². The molecule has 2 aromatic rings. The van der Waals surface area contributed by atoms with Crippen LogP contribution < -0.4 is 4.74 Å². The molecule has 1 atom stereocenters. The van der Waals surface area contributed by atoms with Gasteiger partial charge < -0.3 is 14.4 Å². The van der Waals surface area contributed by atoms with E-state index in [0.717, 1.165) is 5.56 Å². The molecule has 0 bridgehead atoms. The third-order valence-corrected chi connectivity index (χ3v) is 2.59. The molecule has 0 amide bonds. The fraction of sp³-hybridized carbons (Fsp3) is 0.385. The molecule has 1 N–H and O–H groups in total. The van der Waals surface area contributed by atoms with E-state index in [1.807, 2.05) is 31.2 Å². The number of aromatic nitrogens is 2. The maximum atomic E-state index is 9.88. The Hall–Kier alpha value is -1.88. The summed E-state index contributed by atoms with van der Waals surface area (Å²) < 4.78 is 10.6. The Morgan fingerprint density at radius 1 is 1.39 bits per heavy atom. The summed E-state index contributed by atoms with van der Waals surface area (Å²) in [5, 5.41) is 13.6. The first-order chi connectivity index (χ1) is 8.70. The van der Waals surface area contributed by atoms with Crippen LogP contribution in [-0.2, 0) is 6.61 Å². The number of benzene rings is 1. The number of rotatable bonds is 5. The number of aliphatic hydroxyl groups is 1. The van der Waals surface area contributed by atoms with E-state index in [9.17, 15) is 5.11 Å². The number of hydrogen-bond acceptors (Lipinski definition) is 5. The molecule has 0 aliphatic heterocycles. The third-order valence-electron chi connectivity index (χ3n) is 2.59. The van der Waals surface area contributed by atoms with Gasteiger partial charge in [-0.3, -0.25) is 0 Å². The molecule has 0 aliphatic rings. The Bertz CT molecular complexity index is 510. The molecule has 2 rings (SSSR count). The summed E-state index contributed by atoms with van der Waals surface area (Å²) >= 11 is 0. The highest BCUT2D eigenvalue weighted by Crippen LogP contribution is 2.27. The van der Waals surface area contributed by atoms with Crippen molar-refractivity contribution in [3.63, 3.8) is 0 Å². The molecular formula is C13H16N2O3. The molecule has 5 heteroatoms. The van der Waals surface area contributed by atoms with Gasteiger partial charge in [-0.25, -0.2) is 0 Å². The number of hydrogen-bond donors (Lipinski definition) is 1. The van der Waals surface area contributed by atoms with Crippen molar-refractivity contribution < 1.29 is 14.4 Å². The van der Waals surface area contributed by atoms with Gasteiger partial charge in [0.15, 0.2) is 12.4 Å². The quantitative estimate of drug-likeness (QED) is 0.879. The summed E-state index contributed by atoms with van der Waals surface area (Å²) in [4.78, 5) is 4.06. The Labute approximate surface area is 105 Å². The summed E-state index contributed by atoms with van der Waals surface area (Å²) in [5.41, 5.74) is 0.774. The van der Waals surface area contributed by atoms with Crippen LogP contribution in [0.1, 0.15) is 36.7 Å². The van der Waals surface area contributed by atoms with E-state index in [1.165, 1.54) is 0 Å². The summed E-state index contributed by atoms with van der Waals surface area (Å²) in [6.07, 6.45) is 0.116. The zero-order valence-electron chi connectivity index (χ0n) is 10.5. The summed E-state index contributed by atoms with van der Waals surface area (Å²) in [7, 11) is 0. The van der Waals surface area contributed by atoms with Crippen molar-refractivity contribution in [2.45, 2.75) is 33.0 Å². The largest absolute Gasteiger partial charge is 0.483 e. The molecule has 0 saturated heterocycles. The first kappa shape index (κ1) is 12.6. The molecular weight excluding hydrogens is 232 g/mol. The lowest BCUT2D eigenvalue weighted by molar-refractivity contribution is 0.163. The van der Waals surface area contributed by atoms with Crippen molar-refractivity contribution in [2.75, 3.05) is 0 Å². The van der Waals surface area contributed by atoms with Gasteiger partial charge in [0.1, 0.15) is 5.75 Å². The fourth-order valence-corrected chi connectivity index (χ4v) is 1.65. The Morgan fingerprint density at radius 2 is 2.17 bits per heavy atom. The van der Waals surface area contributed by atoms with Crippen molar-refractivity contribution in [3.8, 4) is 5.75 Å². The Kier molecular flexibility index (Phi) is 3.94. The van der Waals surface area contributed by atoms with Gasteiger partial charge in [0.2, 0.25) is 0 Å². The minimum absolute atomic E-state index is 0.203. The molecule has 0 radical (unpaired) electrons. The van der Waals surface area contributed by atoms with Crippen molar-refractivity contribution in [3.05, 3.63) is 41.5 Å². The highest BCUT2D eigenvalue weighted by atomic mass is 16.5. The van der Waals surface area contributed by atoms with E-state index in [4.69, 9.17) is 9.26 Å². The maximum absolute atomic E-state index is 9.88. The van der Waals surface area contributed by atoms with E-state index in [0.29, 0.717) is 23.9 Å². The minimum atomic E-state index is -0.523. The zero-order valence-corrected chi connectivity index (χ0v) is 10.5. The molecule has 0 unspecified atom stereocenters. The van der Waals surface area contributed by atoms with Crippen molar-refractivity contribution in [1.82, 2.24) is 10.1 Å². The number of aliphatic hydroxyl groups excluding tert-OH is 1. The van der Waals surface area contributed by atoms with E-state index in [1.54, 1.807) is 6.92 Å². The van der Waals surface area contributed by atoms with Crippen LogP contribution in [0.25, 0.3) is 0 Å². The molecule has 1 heterocycles. The molecule has 5 nitrogen and oxygen atoms in total. The zero-order chi connectivity index (χ0) is 13.0. The predicted molar refractivity (Wildman–Crippen MR) is 65.1 cm³/mol. The van der Waals surface area contributed by atoms with Crippen LogP contribution in [0.5, 0.6) is 5.75 Å². The summed E-state index contributed by atoms with van der Waals surface area (Å²) in [6, 6.07) is 7.40. The molecule has 0 spiro atoms. The molecule has 0 aliphatic carbocycles. The monoisotopic (exact) mass is 248 g/mol. The Morgan fingerprint density at radius 3 is 2.83 bits per heavy atom. The average Bonchev–Trinajstić information content (AvgIpc) is 2.81. The van der Waals surface area contributed by atoms with Gasteiger partial charge >= 0.3 is 0 Å². The lowest BCUT2D eigenvalue weighted by Gasteiger charge is -2.13. The third kappa shape index (κ3) is 2.87. The van der Waals surface area contributed by atoms with Gasteiger partial charge in [0, 0.05) is 5.56 Å². The first-order valence-corrected chi connectivity index (χ1v) is 5.89. The van der Waals surface area contributed by atoms with E-state index < -0.39 is 6.10 Å². The van der Waals surface area contributed by atoms with Gasteiger partial charge in [0.05, 0.1) is 6.10 Å². The molecule has 1 aromatic heterocycles. The fourth-order valence-electron chi connectivity index (χ4n) is 1.65. The lowest BCUT2D eigenvalue weighted by Crippen LogP contribution is -2.02. The average molecular weight is 248 g/mol. The van der Waals surface area contributed by atoms with Crippen molar-refractivity contribution in [2.24, 2.45) is 0 Å². The smallest absolute Gasteiger partial charge is 0.264 e. The second-order valence-corrected chi connectivity index (χ2v) is 3.99.